The fourth-order valence-electron chi connectivity index (χ4n) is 2.37. The minimum Gasteiger partial charge on any atom is -0.328 e. The zero-order valence-corrected chi connectivity index (χ0v) is 12.0. The van der Waals surface area contributed by atoms with E-state index in [2.05, 4.69) is 4.98 Å². The van der Waals surface area contributed by atoms with Gasteiger partial charge < -0.3 is 4.57 Å². The first kappa shape index (κ1) is 12.9. The summed E-state index contributed by atoms with van der Waals surface area (Å²) in [4.78, 5) is 27.9. The molecule has 20 heavy (non-hydrogen) atoms. The Morgan fingerprint density at radius 3 is 2.55 bits per heavy atom. The molecule has 1 aromatic rings. The van der Waals surface area contributed by atoms with Crippen LogP contribution < -0.4 is 11.2 Å². The molecule has 2 heterocycles. The van der Waals surface area contributed by atoms with E-state index in [0.717, 1.165) is 21.0 Å². The van der Waals surface area contributed by atoms with Crippen LogP contribution in [-0.4, -0.2) is 14.1 Å². The van der Waals surface area contributed by atoms with Crippen LogP contribution in [0.25, 0.3) is 22.3 Å². The highest BCUT2D eigenvalue weighted by molar-refractivity contribution is 6.38. The molecule has 6 heteroatoms. The highest BCUT2D eigenvalue weighted by Gasteiger charge is 2.21. The number of hydrogen-bond donors (Lipinski definition) is 0. The fraction of sp³-hybridized carbons (Fsp3) is 0.214. The van der Waals surface area contributed by atoms with Gasteiger partial charge in [-0.1, -0.05) is 23.2 Å². The lowest BCUT2D eigenvalue weighted by Gasteiger charge is -2.16. The van der Waals surface area contributed by atoms with Crippen LogP contribution in [0, 0.1) is 6.92 Å². The van der Waals surface area contributed by atoms with Gasteiger partial charge in [0.1, 0.15) is 5.56 Å². The third-order valence-corrected chi connectivity index (χ3v) is 3.91. The maximum Gasteiger partial charge on any atom is 0.352 e. The molecule has 102 valence electrons. The van der Waals surface area contributed by atoms with Crippen LogP contribution in [0.2, 0.25) is 5.02 Å². The summed E-state index contributed by atoms with van der Waals surface area (Å²) in [7, 11) is 3.16. The van der Waals surface area contributed by atoms with E-state index in [0.29, 0.717) is 10.8 Å². The molecule has 0 N–H and O–H groups in total. The van der Waals surface area contributed by atoms with Gasteiger partial charge in [-0.05, 0) is 19.1 Å². The van der Waals surface area contributed by atoms with Crippen molar-refractivity contribution in [1.29, 1.82) is 0 Å². The van der Waals surface area contributed by atoms with Crippen molar-refractivity contribution in [3.63, 3.8) is 0 Å². The van der Waals surface area contributed by atoms with Gasteiger partial charge in [-0.3, -0.25) is 9.36 Å². The zero-order chi connectivity index (χ0) is 14.6. The molecule has 0 spiro atoms. The first-order valence-electron chi connectivity index (χ1n) is 6.07. The number of halogens is 1. The second-order valence-electron chi connectivity index (χ2n) is 4.85. The second kappa shape index (κ2) is 4.18. The Labute approximate surface area is 119 Å². The molecule has 0 saturated carbocycles. The van der Waals surface area contributed by atoms with Gasteiger partial charge in [0.25, 0.3) is 5.56 Å². The predicted molar refractivity (Wildman–Crippen MR) is 78.6 cm³/mol. The Kier molecular flexibility index (Phi) is 2.69. The molecule has 3 rings (SSSR count). The lowest BCUT2D eigenvalue weighted by molar-refractivity contribution is 0.757. The van der Waals surface area contributed by atoms with Crippen LogP contribution in [0.1, 0.15) is 5.56 Å². The van der Waals surface area contributed by atoms with E-state index < -0.39 is 11.2 Å². The highest BCUT2D eigenvalue weighted by atomic mass is 35.5. The first-order valence-corrected chi connectivity index (χ1v) is 6.45. The van der Waals surface area contributed by atoms with E-state index in [9.17, 15) is 9.59 Å². The summed E-state index contributed by atoms with van der Waals surface area (Å²) in [6.07, 6.45) is 0. The Morgan fingerprint density at radius 1 is 1.15 bits per heavy atom. The maximum atomic E-state index is 12.3. The first-order chi connectivity index (χ1) is 9.41. The maximum absolute atomic E-state index is 12.3. The Morgan fingerprint density at radius 2 is 1.85 bits per heavy atom. The van der Waals surface area contributed by atoms with Crippen LogP contribution in [0.3, 0.4) is 0 Å². The van der Waals surface area contributed by atoms with Gasteiger partial charge in [0.05, 0.1) is 10.5 Å². The quantitative estimate of drug-likeness (QED) is 0.592. The van der Waals surface area contributed by atoms with Gasteiger partial charge in [-0.15, -0.1) is 0 Å². The normalized spacial score (nSPS) is 11.4. The SMILES string of the molecule is Cc1ccc2c(c1)c(Cl)c1c(=O)n(C)c(=O)nc-1n2C. The molecule has 0 unspecified atom stereocenters. The van der Waals surface area contributed by atoms with Gasteiger partial charge in [-0.2, -0.15) is 4.98 Å². The molecule has 2 aliphatic rings. The van der Waals surface area contributed by atoms with Gasteiger partial charge in [0.2, 0.25) is 0 Å². The smallest absolute Gasteiger partial charge is 0.328 e. The standard InChI is InChI=1S/C14H12ClN3O2/c1-7-4-5-9-8(6-7)11(15)10-12(17(9)2)16-14(20)18(3)13(10)19/h4-6H,1-3H3. The summed E-state index contributed by atoms with van der Waals surface area (Å²) in [5, 5.41) is 1.11. The monoisotopic (exact) mass is 289 g/mol. The predicted octanol–water partition coefficient (Wildman–Crippen LogP) is 1.70. The van der Waals surface area contributed by atoms with Crippen LogP contribution in [0.5, 0.6) is 0 Å². The summed E-state index contributed by atoms with van der Waals surface area (Å²) in [5.41, 5.74) is 1.14. The summed E-state index contributed by atoms with van der Waals surface area (Å²) >= 11 is 6.38. The average Bonchev–Trinajstić information content (AvgIpc) is 2.41. The van der Waals surface area contributed by atoms with Gasteiger partial charge in [-0.25, -0.2) is 4.79 Å². The van der Waals surface area contributed by atoms with Crippen molar-refractivity contribution < 1.29 is 0 Å². The summed E-state index contributed by atoms with van der Waals surface area (Å²) in [6.45, 7) is 1.96. The van der Waals surface area contributed by atoms with E-state index in [1.807, 2.05) is 25.1 Å². The van der Waals surface area contributed by atoms with E-state index in [-0.39, 0.29) is 5.56 Å². The molecule has 0 fully saturated rings. The van der Waals surface area contributed by atoms with Gasteiger partial charge in [0.15, 0.2) is 5.82 Å². The number of rotatable bonds is 0. The van der Waals surface area contributed by atoms with Crippen LogP contribution in [0.4, 0.5) is 0 Å². The number of fused-ring (bicyclic) bond motifs is 2. The molecular formula is C14H12ClN3O2. The second-order valence-corrected chi connectivity index (χ2v) is 5.23. The van der Waals surface area contributed by atoms with Crippen molar-refractivity contribution in [2.24, 2.45) is 14.1 Å². The van der Waals surface area contributed by atoms with Crippen molar-refractivity contribution in [3.8, 4) is 11.4 Å². The molecule has 0 radical (unpaired) electrons. The molecule has 5 nitrogen and oxygen atoms in total. The molecule has 2 aliphatic heterocycles. The lowest BCUT2D eigenvalue weighted by Crippen LogP contribution is -2.36. The van der Waals surface area contributed by atoms with Gasteiger partial charge in [0, 0.05) is 19.5 Å². The fourth-order valence-corrected chi connectivity index (χ4v) is 2.69. The van der Waals surface area contributed by atoms with Crippen molar-refractivity contribution in [1.82, 2.24) is 14.1 Å². The number of benzene rings is 1. The number of nitrogens with zero attached hydrogens (tertiary/aromatic N) is 3. The average molecular weight is 290 g/mol. The number of pyridine rings is 1. The summed E-state index contributed by atoms with van der Waals surface area (Å²) in [5.74, 6) is 0.305. The van der Waals surface area contributed by atoms with Crippen molar-refractivity contribution >= 4 is 22.5 Å². The van der Waals surface area contributed by atoms with Crippen molar-refractivity contribution in [2.45, 2.75) is 6.92 Å². The topological polar surface area (TPSA) is 56.9 Å². The van der Waals surface area contributed by atoms with E-state index in [1.54, 1.807) is 11.6 Å². The molecule has 1 aromatic carbocycles. The third-order valence-electron chi connectivity index (χ3n) is 3.52. The molecule has 0 aromatic heterocycles. The molecule has 0 atom stereocenters. The highest BCUT2D eigenvalue weighted by Crippen LogP contribution is 2.33. The van der Waals surface area contributed by atoms with Crippen LogP contribution >= 0.6 is 11.6 Å². The van der Waals surface area contributed by atoms with Crippen molar-refractivity contribution in [3.05, 3.63) is 49.6 Å². The van der Waals surface area contributed by atoms with Crippen LogP contribution in [-0.2, 0) is 14.1 Å². The van der Waals surface area contributed by atoms with E-state index in [1.165, 1.54) is 7.05 Å². The zero-order valence-electron chi connectivity index (χ0n) is 11.3. The Balaban J connectivity index is 2.70. The minimum absolute atomic E-state index is 0.273. The number of aryl methyl sites for hydroxylation is 2. The van der Waals surface area contributed by atoms with Gasteiger partial charge >= 0.3 is 5.69 Å². The molecule has 0 bridgehead atoms. The molecule has 0 saturated heterocycles. The summed E-state index contributed by atoms with van der Waals surface area (Å²) < 4.78 is 2.69. The minimum atomic E-state index is -0.583. The lowest BCUT2D eigenvalue weighted by atomic mass is 10.1. The van der Waals surface area contributed by atoms with E-state index in [4.69, 9.17) is 11.6 Å². The van der Waals surface area contributed by atoms with Crippen molar-refractivity contribution in [2.75, 3.05) is 0 Å². The van der Waals surface area contributed by atoms with Crippen LogP contribution in [0.15, 0.2) is 27.8 Å². The Hall–Kier alpha value is -2.14. The molecule has 0 amide bonds. The number of hydrogen-bond acceptors (Lipinski definition) is 3. The molecular weight excluding hydrogens is 278 g/mol. The summed E-state index contributed by atoms with van der Waals surface area (Å²) in [6, 6.07) is 5.77. The van der Waals surface area contributed by atoms with E-state index >= 15 is 0 Å². The largest absolute Gasteiger partial charge is 0.352 e. The Bertz CT molecular complexity index is 940. The molecule has 0 aliphatic carbocycles. The number of aromatic nitrogens is 3. The third kappa shape index (κ3) is 1.59.